The van der Waals surface area contributed by atoms with Crippen molar-refractivity contribution in [1.29, 1.82) is 0 Å². The highest BCUT2D eigenvalue weighted by Gasteiger charge is 2.42. The Morgan fingerprint density at radius 3 is 2.30 bits per heavy atom. The van der Waals surface area contributed by atoms with Crippen LogP contribution in [0.1, 0.15) is 38.5 Å². The van der Waals surface area contributed by atoms with Crippen molar-refractivity contribution < 1.29 is 21.9 Å². The molecule has 118 valence electrons. The van der Waals surface area contributed by atoms with E-state index in [1.807, 2.05) is 0 Å². The molecular formula is C12H23NO5S2. The van der Waals surface area contributed by atoms with E-state index in [1.54, 1.807) is 0 Å². The molecule has 1 saturated heterocycles. The number of sulfonamides is 1. The van der Waals surface area contributed by atoms with Crippen LogP contribution in [0, 0.1) is 5.92 Å². The van der Waals surface area contributed by atoms with Gasteiger partial charge in [0, 0.05) is 24.8 Å². The summed E-state index contributed by atoms with van der Waals surface area (Å²) in [5.74, 6) is -0.0550. The Labute approximate surface area is 121 Å². The van der Waals surface area contributed by atoms with Crippen LogP contribution in [0.15, 0.2) is 0 Å². The number of rotatable bonds is 4. The Morgan fingerprint density at radius 1 is 1.05 bits per heavy atom. The SMILES string of the molecule is CS(=O)(=O)CS(=O)(=O)N1CCCC1C1CCCCC1O. The average molecular weight is 325 g/mol. The Kier molecular flexibility index (Phi) is 4.78. The zero-order chi connectivity index (χ0) is 15.0. The van der Waals surface area contributed by atoms with Gasteiger partial charge in [-0.3, -0.25) is 0 Å². The lowest BCUT2D eigenvalue weighted by Gasteiger charge is -2.36. The smallest absolute Gasteiger partial charge is 0.228 e. The Bertz CT molecular complexity index is 542. The van der Waals surface area contributed by atoms with Gasteiger partial charge in [-0.1, -0.05) is 12.8 Å². The second-order valence-corrected chi connectivity index (χ2v) is 10.4. The van der Waals surface area contributed by atoms with Gasteiger partial charge in [-0.05, 0) is 25.7 Å². The molecule has 0 aromatic rings. The summed E-state index contributed by atoms with van der Waals surface area (Å²) in [6, 6.07) is -0.239. The van der Waals surface area contributed by atoms with Crippen molar-refractivity contribution in [2.24, 2.45) is 5.92 Å². The van der Waals surface area contributed by atoms with Gasteiger partial charge in [-0.15, -0.1) is 0 Å². The standard InChI is InChI=1S/C12H23NO5S2/c1-19(15,16)9-20(17,18)13-8-4-6-11(13)10-5-2-3-7-12(10)14/h10-12,14H,2-9H2,1H3. The minimum absolute atomic E-state index is 0.0550. The Hall–Kier alpha value is -0.180. The number of hydrogen-bond donors (Lipinski definition) is 1. The maximum atomic E-state index is 12.3. The first-order valence-electron chi connectivity index (χ1n) is 7.06. The van der Waals surface area contributed by atoms with Gasteiger partial charge in [0.2, 0.25) is 10.0 Å². The van der Waals surface area contributed by atoms with Crippen LogP contribution in [0.4, 0.5) is 0 Å². The highest BCUT2D eigenvalue weighted by molar-refractivity contribution is 8.06. The van der Waals surface area contributed by atoms with Gasteiger partial charge in [-0.25, -0.2) is 16.8 Å². The van der Waals surface area contributed by atoms with Gasteiger partial charge >= 0.3 is 0 Å². The van der Waals surface area contributed by atoms with E-state index in [9.17, 15) is 21.9 Å². The van der Waals surface area contributed by atoms with Crippen molar-refractivity contribution >= 4 is 19.9 Å². The lowest BCUT2D eigenvalue weighted by atomic mass is 9.81. The third-order valence-corrected chi connectivity index (χ3v) is 8.32. The van der Waals surface area contributed by atoms with Crippen LogP contribution in [0.2, 0.25) is 0 Å². The topological polar surface area (TPSA) is 91.8 Å². The summed E-state index contributed by atoms with van der Waals surface area (Å²) in [5.41, 5.74) is 0. The van der Waals surface area contributed by atoms with Crippen molar-refractivity contribution in [3.8, 4) is 0 Å². The van der Waals surface area contributed by atoms with Crippen molar-refractivity contribution in [2.75, 3.05) is 17.9 Å². The lowest BCUT2D eigenvalue weighted by molar-refractivity contribution is 0.0387. The Morgan fingerprint density at radius 2 is 1.70 bits per heavy atom. The predicted octanol–water partition coefficient (Wildman–Crippen LogP) is 0.334. The molecule has 2 aliphatic rings. The predicted molar refractivity (Wildman–Crippen MR) is 76.3 cm³/mol. The first-order chi connectivity index (χ1) is 9.21. The summed E-state index contributed by atoms with van der Waals surface area (Å²) in [6.07, 6.45) is 5.41. The summed E-state index contributed by atoms with van der Waals surface area (Å²) in [6.45, 7) is 0.367. The molecule has 3 unspecified atom stereocenters. The van der Waals surface area contributed by atoms with Gasteiger partial charge in [0.05, 0.1) is 6.10 Å². The number of aliphatic hydroxyl groups is 1. The van der Waals surface area contributed by atoms with E-state index in [-0.39, 0.29) is 12.0 Å². The van der Waals surface area contributed by atoms with E-state index in [0.717, 1.165) is 31.9 Å². The van der Waals surface area contributed by atoms with Crippen LogP contribution in [0.25, 0.3) is 0 Å². The van der Waals surface area contributed by atoms with Crippen LogP contribution in [0.3, 0.4) is 0 Å². The second-order valence-electron chi connectivity index (χ2n) is 5.99. The molecule has 0 radical (unpaired) electrons. The van der Waals surface area contributed by atoms with E-state index in [1.165, 1.54) is 4.31 Å². The molecule has 0 bridgehead atoms. The molecule has 0 aromatic carbocycles. The normalized spacial score (nSPS) is 33.4. The van der Waals surface area contributed by atoms with Crippen molar-refractivity contribution in [3.05, 3.63) is 0 Å². The molecule has 1 aliphatic carbocycles. The fourth-order valence-electron chi connectivity index (χ4n) is 3.47. The quantitative estimate of drug-likeness (QED) is 0.804. The largest absolute Gasteiger partial charge is 0.393 e. The molecule has 2 fully saturated rings. The number of nitrogens with zero attached hydrogens (tertiary/aromatic N) is 1. The molecular weight excluding hydrogens is 302 g/mol. The second kappa shape index (κ2) is 5.90. The molecule has 3 atom stereocenters. The molecule has 1 N–H and O–H groups in total. The first-order valence-corrected chi connectivity index (χ1v) is 10.7. The summed E-state index contributed by atoms with van der Waals surface area (Å²) < 4.78 is 48.5. The van der Waals surface area contributed by atoms with E-state index in [2.05, 4.69) is 0 Å². The molecule has 1 heterocycles. The van der Waals surface area contributed by atoms with Crippen molar-refractivity contribution in [2.45, 2.75) is 50.7 Å². The number of aliphatic hydroxyl groups excluding tert-OH is 1. The molecule has 0 aromatic heterocycles. The molecule has 1 saturated carbocycles. The van der Waals surface area contributed by atoms with Crippen LogP contribution in [-0.4, -0.2) is 56.3 Å². The molecule has 2 rings (SSSR count). The summed E-state index contributed by atoms with van der Waals surface area (Å²) in [7, 11) is -7.38. The molecule has 6 nitrogen and oxygen atoms in total. The fourth-order valence-corrected chi connectivity index (χ4v) is 7.25. The van der Waals surface area contributed by atoms with Gasteiger partial charge in [0.1, 0.15) is 0 Å². The monoisotopic (exact) mass is 325 g/mol. The molecule has 1 aliphatic heterocycles. The van der Waals surface area contributed by atoms with E-state index in [4.69, 9.17) is 0 Å². The molecule has 20 heavy (non-hydrogen) atoms. The summed E-state index contributed by atoms with van der Waals surface area (Å²) in [4.78, 5) is 0. The van der Waals surface area contributed by atoms with Gasteiger partial charge in [0.15, 0.2) is 14.9 Å². The van der Waals surface area contributed by atoms with Crippen molar-refractivity contribution in [1.82, 2.24) is 4.31 Å². The van der Waals surface area contributed by atoms with Crippen LogP contribution < -0.4 is 0 Å². The van der Waals surface area contributed by atoms with E-state index in [0.29, 0.717) is 19.4 Å². The summed E-state index contributed by atoms with van der Waals surface area (Å²) >= 11 is 0. The van der Waals surface area contributed by atoms with Crippen LogP contribution in [0.5, 0.6) is 0 Å². The molecule has 8 heteroatoms. The van der Waals surface area contributed by atoms with Gasteiger partial charge < -0.3 is 5.11 Å². The fraction of sp³-hybridized carbons (Fsp3) is 1.00. The number of hydrogen-bond acceptors (Lipinski definition) is 5. The van der Waals surface area contributed by atoms with Gasteiger partial charge in [0.25, 0.3) is 0 Å². The maximum Gasteiger partial charge on any atom is 0.228 e. The zero-order valence-corrected chi connectivity index (χ0v) is 13.4. The average Bonchev–Trinajstić information content (AvgIpc) is 2.75. The maximum absolute atomic E-state index is 12.3. The summed E-state index contributed by atoms with van der Waals surface area (Å²) in [5, 5.41) is 9.27. The Balaban J connectivity index is 2.18. The minimum Gasteiger partial charge on any atom is -0.393 e. The highest BCUT2D eigenvalue weighted by Crippen LogP contribution is 2.36. The molecule has 0 amide bonds. The van der Waals surface area contributed by atoms with E-state index < -0.39 is 31.0 Å². The third kappa shape index (κ3) is 3.72. The minimum atomic E-state index is -3.81. The zero-order valence-electron chi connectivity index (χ0n) is 11.7. The lowest BCUT2D eigenvalue weighted by Crippen LogP contribution is -2.46. The third-order valence-electron chi connectivity index (χ3n) is 4.24. The van der Waals surface area contributed by atoms with Crippen LogP contribution in [-0.2, 0) is 19.9 Å². The van der Waals surface area contributed by atoms with Crippen molar-refractivity contribution in [3.63, 3.8) is 0 Å². The van der Waals surface area contributed by atoms with E-state index >= 15 is 0 Å². The highest BCUT2D eigenvalue weighted by atomic mass is 32.3. The molecule has 0 spiro atoms. The first kappa shape index (κ1) is 16.2. The number of sulfone groups is 1. The van der Waals surface area contributed by atoms with Gasteiger partial charge in [-0.2, -0.15) is 4.31 Å². The van der Waals surface area contributed by atoms with Crippen LogP contribution >= 0.6 is 0 Å².